The van der Waals surface area contributed by atoms with Crippen molar-refractivity contribution < 1.29 is 19.1 Å². The van der Waals surface area contributed by atoms with Gasteiger partial charge < -0.3 is 15.4 Å². The average Bonchev–Trinajstić information content (AvgIpc) is 3.40. The molecule has 0 spiro atoms. The van der Waals surface area contributed by atoms with Crippen LogP contribution in [0.25, 0.3) is 0 Å². The predicted molar refractivity (Wildman–Crippen MR) is 107 cm³/mol. The smallest absolute Gasteiger partial charge is 0.311 e. The quantitative estimate of drug-likeness (QED) is 0.495. The van der Waals surface area contributed by atoms with Gasteiger partial charge in [-0.05, 0) is 55.9 Å². The van der Waals surface area contributed by atoms with Crippen LogP contribution in [0.1, 0.15) is 50.5 Å². The number of esters is 1. The van der Waals surface area contributed by atoms with Crippen LogP contribution in [0.3, 0.4) is 0 Å². The molecule has 0 aromatic heterocycles. The van der Waals surface area contributed by atoms with Gasteiger partial charge in [0.25, 0.3) is 0 Å². The SMILES string of the molecule is O=C(CCCNC(=O)C1CC1)NC1C2CCC(C2)C1C(=O)OCc1ccccc1. The lowest BCUT2D eigenvalue weighted by atomic mass is 9.84. The molecule has 6 heteroatoms. The fourth-order valence-electron chi connectivity index (χ4n) is 4.87. The van der Waals surface area contributed by atoms with Crippen molar-refractivity contribution in [2.45, 2.75) is 57.6 Å². The third-order valence-corrected chi connectivity index (χ3v) is 6.57. The zero-order valence-corrected chi connectivity index (χ0v) is 16.8. The molecule has 0 saturated heterocycles. The van der Waals surface area contributed by atoms with Gasteiger partial charge in [0, 0.05) is 24.9 Å². The maximum absolute atomic E-state index is 12.8. The van der Waals surface area contributed by atoms with Crippen LogP contribution in [0.5, 0.6) is 0 Å². The number of hydrogen-bond acceptors (Lipinski definition) is 4. The number of benzene rings is 1. The lowest BCUT2D eigenvalue weighted by Crippen LogP contribution is -2.47. The van der Waals surface area contributed by atoms with Gasteiger partial charge in [0.15, 0.2) is 0 Å². The van der Waals surface area contributed by atoms with Gasteiger partial charge in [-0.3, -0.25) is 14.4 Å². The molecule has 2 amide bonds. The Kier molecular flexibility index (Phi) is 6.16. The van der Waals surface area contributed by atoms with E-state index in [9.17, 15) is 14.4 Å². The van der Waals surface area contributed by atoms with Gasteiger partial charge in [-0.25, -0.2) is 0 Å². The third kappa shape index (κ3) is 4.98. The Labute approximate surface area is 171 Å². The van der Waals surface area contributed by atoms with Crippen LogP contribution < -0.4 is 10.6 Å². The van der Waals surface area contributed by atoms with E-state index < -0.39 is 0 Å². The molecule has 3 aliphatic rings. The van der Waals surface area contributed by atoms with Crippen molar-refractivity contribution >= 4 is 17.8 Å². The summed E-state index contributed by atoms with van der Waals surface area (Å²) in [6, 6.07) is 9.55. The highest BCUT2D eigenvalue weighted by Gasteiger charge is 2.52. The van der Waals surface area contributed by atoms with Crippen LogP contribution in [0.15, 0.2) is 30.3 Å². The molecule has 1 aromatic carbocycles. The molecule has 2 N–H and O–H groups in total. The molecule has 2 bridgehead atoms. The van der Waals surface area contributed by atoms with Crippen molar-refractivity contribution in [2.24, 2.45) is 23.7 Å². The Morgan fingerprint density at radius 3 is 2.52 bits per heavy atom. The molecule has 156 valence electrons. The highest BCUT2D eigenvalue weighted by molar-refractivity contribution is 5.81. The van der Waals surface area contributed by atoms with Crippen molar-refractivity contribution in [2.75, 3.05) is 6.54 Å². The number of rotatable bonds is 9. The zero-order valence-electron chi connectivity index (χ0n) is 16.8. The lowest BCUT2D eigenvalue weighted by Gasteiger charge is -2.30. The summed E-state index contributed by atoms with van der Waals surface area (Å²) in [6.45, 7) is 0.803. The van der Waals surface area contributed by atoms with Gasteiger partial charge >= 0.3 is 5.97 Å². The molecule has 6 nitrogen and oxygen atoms in total. The first-order valence-electron chi connectivity index (χ1n) is 10.9. The number of nitrogens with one attached hydrogen (secondary N) is 2. The maximum Gasteiger partial charge on any atom is 0.311 e. The van der Waals surface area contributed by atoms with Crippen molar-refractivity contribution in [3.8, 4) is 0 Å². The molecule has 4 atom stereocenters. The Morgan fingerprint density at radius 1 is 1.00 bits per heavy atom. The van der Waals surface area contributed by atoms with E-state index in [1.165, 1.54) is 0 Å². The highest BCUT2D eigenvalue weighted by atomic mass is 16.5. The minimum Gasteiger partial charge on any atom is -0.461 e. The Bertz CT molecular complexity index is 747. The number of carbonyl (C=O) groups is 3. The topological polar surface area (TPSA) is 84.5 Å². The van der Waals surface area contributed by atoms with Crippen LogP contribution in [0.2, 0.25) is 0 Å². The summed E-state index contributed by atoms with van der Waals surface area (Å²) in [5.74, 6) is 0.516. The largest absolute Gasteiger partial charge is 0.461 e. The first-order chi connectivity index (χ1) is 14.1. The van der Waals surface area contributed by atoms with Gasteiger partial charge in [-0.1, -0.05) is 30.3 Å². The standard InChI is InChI=1S/C23H30N2O4/c26-19(7-4-12-24-22(27)16-8-9-16)25-21-18-11-10-17(13-18)20(21)23(28)29-14-15-5-2-1-3-6-15/h1-3,5-6,16-18,20-21H,4,7-14H2,(H,24,27)(H,25,26). The summed E-state index contributed by atoms with van der Waals surface area (Å²) in [5.41, 5.74) is 0.970. The number of carbonyl (C=O) groups excluding carboxylic acids is 3. The first kappa shape index (κ1) is 19.9. The van der Waals surface area contributed by atoms with E-state index in [4.69, 9.17) is 4.74 Å². The normalized spacial score (nSPS) is 27.4. The number of hydrogen-bond donors (Lipinski definition) is 2. The van der Waals surface area contributed by atoms with Gasteiger partial charge in [0.1, 0.15) is 6.61 Å². The number of ether oxygens (including phenoxy) is 1. The second-order valence-corrected chi connectivity index (χ2v) is 8.71. The Morgan fingerprint density at radius 2 is 1.76 bits per heavy atom. The summed E-state index contributed by atoms with van der Waals surface area (Å²) < 4.78 is 5.59. The van der Waals surface area contributed by atoms with Crippen molar-refractivity contribution in [3.05, 3.63) is 35.9 Å². The van der Waals surface area contributed by atoms with Crippen LogP contribution in [-0.4, -0.2) is 30.4 Å². The molecule has 0 heterocycles. The van der Waals surface area contributed by atoms with Crippen LogP contribution in [0, 0.1) is 23.7 Å². The predicted octanol–water partition coefficient (Wildman–Crippen LogP) is 2.57. The summed E-state index contributed by atoms with van der Waals surface area (Å²) >= 11 is 0. The van der Waals surface area contributed by atoms with E-state index in [0.717, 1.165) is 37.7 Å². The van der Waals surface area contributed by atoms with Gasteiger partial charge in [-0.15, -0.1) is 0 Å². The van der Waals surface area contributed by atoms with E-state index in [2.05, 4.69) is 10.6 Å². The molecule has 0 radical (unpaired) electrons. The molecule has 1 aromatic rings. The third-order valence-electron chi connectivity index (χ3n) is 6.57. The summed E-state index contributed by atoms with van der Waals surface area (Å²) in [6.07, 6.45) is 6.05. The van der Waals surface area contributed by atoms with Crippen LogP contribution in [-0.2, 0) is 25.7 Å². The van der Waals surface area contributed by atoms with Crippen molar-refractivity contribution in [1.29, 1.82) is 0 Å². The first-order valence-corrected chi connectivity index (χ1v) is 10.9. The minimum absolute atomic E-state index is 0.0379. The summed E-state index contributed by atoms with van der Waals surface area (Å²) in [4.78, 5) is 36.9. The van der Waals surface area contributed by atoms with Gasteiger partial charge in [-0.2, -0.15) is 0 Å². The van der Waals surface area contributed by atoms with Crippen LogP contribution in [0.4, 0.5) is 0 Å². The summed E-state index contributed by atoms with van der Waals surface area (Å²) in [5, 5.41) is 6.00. The average molecular weight is 399 g/mol. The molecule has 29 heavy (non-hydrogen) atoms. The van der Waals surface area contributed by atoms with E-state index in [1.807, 2.05) is 30.3 Å². The molecule has 3 aliphatic carbocycles. The molecule has 3 saturated carbocycles. The van der Waals surface area contributed by atoms with E-state index in [0.29, 0.717) is 31.2 Å². The Balaban J connectivity index is 1.24. The van der Waals surface area contributed by atoms with E-state index >= 15 is 0 Å². The van der Waals surface area contributed by atoms with Crippen molar-refractivity contribution in [1.82, 2.24) is 10.6 Å². The second-order valence-electron chi connectivity index (χ2n) is 8.71. The lowest BCUT2D eigenvalue weighted by molar-refractivity contribution is -0.153. The molecular formula is C23H30N2O4. The number of fused-ring (bicyclic) bond motifs is 2. The zero-order chi connectivity index (χ0) is 20.2. The second kappa shape index (κ2) is 8.97. The van der Waals surface area contributed by atoms with E-state index in [1.54, 1.807) is 0 Å². The monoisotopic (exact) mass is 398 g/mol. The molecular weight excluding hydrogens is 368 g/mol. The number of amides is 2. The fraction of sp³-hybridized carbons (Fsp3) is 0.609. The summed E-state index contributed by atoms with van der Waals surface area (Å²) in [7, 11) is 0. The van der Waals surface area contributed by atoms with Gasteiger partial charge in [0.05, 0.1) is 5.92 Å². The molecule has 0 aliphatic heterocycles. The minimum atomic E-state index is -0.240. The maximum atomic E-state index is 12.8. The molecule has 4 unspecified atom stereocenters. The molecule has 4 rings (SSSR count). The van der Waals surface area contributed by atoms with E-state index in [-0.39, 0.29) is 42.3 Å². The van der Waals surface area contributed by atoms with Gasteiger partial charge in [0.2, 0.25) is 11.8 Å². The van der Waals surface area contributed by atoms with Crippen LogP contribution >= 0.6 is 0 Å². The molecule has 3 fully saturated rings. The van der Waals surface area contributed by atoms with Crippen molar-refractivity contribution in [3.63, 3.8) is 0 Å². The fourth-order valence-corrected chi connectivity index (χ4v) is 4.87. The Hall–Kier alpha value is -2.37. The highest BCUT2D eigenvalue weighted by Crippen LogP contribution is 2.49.